The first-order valence-corrected chi connectivity index (χ1v) is 6.17. The van der Waals surface area contributed by atoms with Crippen molar-refractivity contribution in [3.8, 4) is 0 Å². The fraction of sp³-hybridized carbons (Fsp3) is 0.429. The molecule has 0 aliphatic carbocycles. The molecule has 0 bridgehead atoms. The summed E-state index contributed by atoms with van der Waals surface area (Å²) in [5.41, 5.74) is 0.713. The molecule has 0 amide bonds. The molecule has 0 heterocycles. The predicted molar refractivity (Wildman–Crippen MR) is 71.1 cm³/mol. The fourth-order valence-electron chi connectivity index (χ4n) is 2.04. The van der Waals surface area contributed by atoms with E-state index in [0.29, 0.717) is 5.56 Å². The third-order valence-electron chi connectivity index (χ3n) is 2.80. The summed E-state index contributed by atoms with van der Waals surface area (Å²) in [6, 6.07) is 7.92. The summed E-state index contributed by atoms with van der Waals surface area (Å²) in [6.45, 7) is 3.66. The second kappa shape index (κ2) is 6.89. The summed E-state index contributed by atoms with van der Waals surface area (Å²) in [6.07, 6.45) is -0.222. The molecule has 3 N–H and O–H groups in total. The zero-order valence-electron chi connectivity index (χ0n) is 11.0. The highest BCUT2D eigenvalue weighted by Gasteiger charge is 2.31. The van der Waals surface area contributed by atoms with Gasteiger partial charge in [-0.15, -0.1) is 0 Å². The molecular weight excluding hydrogens is 246 g/mol. The average Bonchev–Trinajstić information content (AvgIpc) is 2.33. The van der Waals surface area contributed by atoms with E-state index in [-0.39, 0.29) is 12.5 Å². The van der Waals surface area contributed by atoms with Crippen molar-refractivity contribution in [1.82, 2.24) is 5.32 Å². The van der Waals surface area contributed by atoms with Gasteiger partial charge in [0.25, 0.3) is 0 Å². The number of nitrogens with one attached hydrogen (secondary N) is 1. The Hall–Kier alpha value is -1.88. The summed E-state index contributed by atoms with van der Waals surface area (Å²) in [7, 11) is 0. The molecule has 1 rings (SSSR count). The lowest BCUT2D eigenvalue weighted by Crippen LogP contribution is -2.45. The van der Waals surface area contributed by atoms with Gasteiger partial charge in [0.2, 0.25) is 0 Å². The van der Waals surface area contributed by atoms with Gasteiger partial charge in [0.1, 0.15) is 6.04 Å². The van der Waals surface area contributed by atoms with Crippen LogP contribution in [0.15, 0.2) is 30.3 Å². The Balaban J connectivity index is 3.06. The Morgan fingerprint density at radius 2 is 1.74 bits per heavy atom. The highest BCUT2D eigenvalue weighted by Crippen LogP contribution is 2.24. The van der Waals surface area contributed by atoms with Crippen molar-refractivity contribution >= 4 is 11.9 Å². The Morgan fingerprint density at radius 1 is 1.16 bits per heavy atom. The maximum absolute atomic E-state index is 11.4. The van der Waals surface area contributed by atoms with Gasteiger partial charge in [0, 0.05) is 12.0 Å². The van der Waals surface area contributed by atoms with Crippen LogP contribution in [0.4, 0.5) is 0 Å². The zero-order chi connectivity index (χ0) is 14.4. The van der Waals surface area contributed by atoms with Gasteiger partial charge in [-0.1, -0.05) is 44.2 Å². The molecule has 0 spiro atoms. The van der Waals surface area contributed by atoms with Crippen LogP contribution in [0.2, 0.25) is 0 Å². The highest BCUT2D eigenvalue weighted by molar-refractivity contribution is 5.77. The van der Waals surface area contributed by atoms with Crippen LogP contribution in [0.3, 0.4) is 0 Å². The number of carbonyl (C=O) groups is 2. The number of benzene rings is 1. The average molecular weight is 265 g/mol. The monoisotopic (exact) mass is 265 g/mol. The van der Waals surface area contributed by atoms with Gasteiger partial charge in [-0.2, -0.15) is 0 Å². The molecule has 2 atom stereocenters. The molecule has 5 heteroatoms. The molecule has 0 aliphatic rings. The van der Waals surface area contributed by atoms with E-state index in [9.17, 15) is 14.7 Å². The lowest BCUT2D eigenvalue weighted by molar-refractivity contribution is -0.141. The van der Waals surface area contributed by atoms with Crippen molar-refractivity contribution < 1.29 is 19.8 Å². The van der Waals surface area contributed by atoms with Crippen molar-refractivity contribution in [2.24, 2.45) is 0 Å². The van der Waals surface area contributed by atoms with Crippen molar-refractivity contribution in [1.29, 1.82) is 0 Å². The summed E-state index contributed by atoms with van der Waals surface area (Å²) in [4.78, 5) is 22.4. The van der Waals surface area contributed by atoms with E-state index in [1.165, 1.54) is 0 Å². The molecule has 1 aromatic rings. The minimum absolute atomic E-state index is 0.0406. The fourth-order valence-corrected chi connectivity index (χ4v) is 2.04. The van der Waals surface area contributed by atoms with E-state index in [0.717, 1.165) is 0 Å². The second-order valence-corrected chi connectivity index (χ2v) is 4.75. The topological polar surface area (TPSA) is 86.6 Å². The molecule has 104 valence electrons. The number of hydrogen-bond acceptors (Lipinski definition) is 3. The van der Waals surface area contributed by atoms with Crippen LogP contribution in [-0.2, 0) is 9.59 Å². The first-order chi connectivity index (χ1) is 8.91. The molecule has 0 radical (unpaired) electrons. The molecule has 5 nitrogen and oxygen atoms in total. The van der Waals surface area contributed by atoms with Gasteiger partial charge in [0.05, 0.1) is 6.42 Å². The molecule has 0 saturated heterocycles. The molecule has 0 aromatic heterocycles. The largest absolute Gasteiger partial charge is 0.481 e. The van der Waals surface area contributed by atoms with Crippen LogP contribution >= 0.6 is 0 Å². The minimum Gasteiger partial charge on any atom is -0.481 e. The second-order valence-electron chi connectivity index (χ2n) is 4.75. The van der Waals surface area contributed by atoms with Crippen molar-refractivity contribution in [2.75, 3.05) is 0 Å². The molecular formula is C14H19NO4. The molecule has 1 aromatic carbocycles. The maximum Gasteiger partial charge on any atom is 0.321 e. The SMILES string of the molecule is CC(C)NC(C(=O)O)C(CC(=O)O)c1ccccc1. The van der Waals surface area contributed by atoms with Gasteiger partial charge in [-0.25, -0.2) is 0 Å². The van der Waals surface area contributed by atoms with Gasteiger partial charge >= 0.3 is 11.9 Å². The number of carboxylic acids is 2. The lowest BCUT2D eigenvalue weighted by atomic mass is 9.88. The quantitative estimate of drug-likeness (QED) is 0.698. The summed E-state index contributed by atoms with van der Waals surface area (Å²) in [5.74, 6) is -2.65. The summed E-state index contributed by atoms with van der Waals surface area (Å²) in [5, 5.41) is 21.2. The van der Waals surface area contributed by atoms with Gasteiger partial charge in [-0.05, 0) is 5.56 Å². The van der Waals surface area contributed by atoms with Crippen molar-refractivity contribution in [3.63, 3.8) is 0 Å². The number of rotatable bonds is 7. The lowest BCUT2D eigenvalue weighted by Gasteiger charge is -2.26. The van der Waals surface area contributed by atoms with Crippen LogP contribution in [0.5, 0.6) is 0 Å². The van der Waals surface area contributed by atoms with E-state index in [1.807, 2.05) is 19.9 Å². The third kappa shape index (κ3) is 4.71. The number of aliphatic carboxylic acids is 2. The van der Waals surface area contributed by atoms with Crippen LogP contribution in [-0.4, -0.2) is 34.2 Å². The summed E-state index contributed by atoms with van der Waals surface area (Å²) >= 11 is 0. The predicted octanol–water partition coefficient (Wildman–Crippen LogP) is 1.70. The number of hydrogen-bond donors (Lipinski definition) is 3. The minimum atomic E-state index is -1.04. The number of carboxylic acid groups (broad SMARTS) is 2. The molecule has 2 unspecified atom stereocenters. The molecule has 0 fully saturated rings. The van der Waals surface area contributed by atoms with Gasteiger partial charge in [-0.3, -0.25) is 9.59 Å². The highest BCUT2D eigenvalue weighted by atomic mass is 16.4. The van der Waals surface area contributed by atoms with Gasteiger partial charge in [0.15, 0.2) is 0 Å². The smallest absolute Gasteiger partial charge is 0.321 e. The van der Waals surface area contributed by atoms with Crippen LogP contribution < -0.4 is 5.32 Å². The molecule has 0 aliphatic heterocycles. The first-order valence-electron chi connectivity index (χ1n) is 6.17. The van der Waals surface area contributed by atoms with E-state index < -0.39 is 23.9 Å². The zero-order valence-corrected chi connectivity index (χ0v) is 11.0. The van der Waals surface area contributed by atoms with Crippen LogP contribution in [0, 0.1) is 0 Å². The molecule has 19 heavy (non-hydrogen) atoms. The Labute approximate surface area is 112 Å². The Morgan fingerprint density at radius 3 is 2.16 bits per heavy atom. The van der Waals surface area contributed by atoms with Crippen molar-refractivity contribution in [3.05, 3.63) is 35.9 Å². The maximum atomic E-state index is 11.4. The van der Waals surface area contributed by atoms with E-state index in [4.69, 9.17) is 5.11 Å². The third-order valence-corrected chi connectivity index (χ3v) is 2.80. The van der Waals surface area contributed by atoms with Crippen molar-refractivity contribution in [2.45, 2.75) is 38.3 Å². The van der Waals surface area contributed by atoms with E-state index in [1.54, 1.807) is 24.3 Å². The van der Waals surface area contributed by atoms with E-state index in [2.05, 4.69) is 5.32 Å². The standard InChI is InChI=1S/C14H19NO4/c1-9(2)15-13(14(18)19)11(8-12(16)17)10-6-4-3-5-7-10/h3-7,9,11,13,15H,8H2,1-2H3,(H,16,17)(H,18,19). The normalized spacial score (nSPS) is 14.1. The first kappa shape index (κ1) is 15.2. The van der Waals surface area contributed by atoms with E-state index >= 15 is 0 Å². The van der Waals surface area contributed by atoms with Crippen LogP contribution in [0.1, 0.15) is 31.7 Å². The Bertz CT molecular complexity index is 430. The van der Waals surface area contributed by atoms with Crippen LogP contribution in [0.25, 0.3) is 0 Å². The van der Waals surface area contributed by atoms with Gasteiger partial charge < -0.3 is 15.5 Å². The molecule has 0 saturated carbocycles. The Kier molecular flexibility index (Phi) is 5.51. The summed E-state index contributed by atoms with van der Waals surface area (Å²) < 4.78 is 0.